The summed E-state index contributed by atoms with van der Waals surface area (Å²) < 4.78 is 0. The molecular formula is C14H17ClN2O3. The number of hydrogen-bond acceptors (Lipinski definition) is 2. The van der Waals surface area contributed by atoms with Crippen molar-refractivity contribution in [1.82, 2.24) is 4.90 Å². The van der Waals surface area contributed by atoms with Gasteiger partial charge in [-0.3, -0.25) is 9.69 Å². The van der Waals surface area contributed by atoms with Gasteiger partial charge in [0.05, 0.1) is 0 Å². The van der Waals surface area contributed by atoms with Crippen LogP contribution in [0.2, 0.25) is 5.02 Å². The van der Waals surface area contributed by atoms with E-state index in [1.807, 2.05) is 0 Å². The van der Waals surface area contributed by atoms with Gasteiger partial charge in [-0.25, -0.2) is 4.79 Å². The van der Waals surface area contributed by atoms with Gasteiger partial charge < -0.3 is 10.0 Å². The van der Waals surface area contributed by atoms with Gasteiger partial charge in [-0.2, -0.15) is 0 Å². The highest BCUT2D eigenvalue weighted by Gasteiger charge is 2.28. The Bertz CT molecular complexity index is 517. The zero-order valence-corrected chi connectivity index (χ0v) is 12.0. The number of halogens is 1. The number of aliphatic carboxylic acids is 1. The average molecular weight is 297 g/mol. The highest BCUT2D eigenvalue weighted by atomic mass is 35.5. The predicted molar refractivity (Wildman–Crippen MR) is 77.2 cm³/mol. The number of carboxylic acids is 1. The summed E-state index contributed by atoms with van der Waals surface area (Å²) >= 11 is 5.91. The van der Waals surface area contributed by atoms with Crippen molar-refractivity contribution in [3.8, 4) is 0 Å². The van der Waals surface area contributed by atoms with E-state index in [0.717, 1.165) is 12.8 Å². The van der Waals surface area contributed by atoms with Gasteiger partial charge in [0.15, 0.2) is 0 Å². The number of carbonyl (C=O) groups excluding carboxylic acids is 1. The summed E-state index contributed by atoms with van der Waals surface area (Å²) in [5.41, 5.74) is 0.493. The van der Waals surface area contributed by atoms with E-state index in [9.17, 15) is 9.59 Å². The van der Waals surface area contributed by atoms with E-state index in [2.05, 4.69) is 0 Å². The highest BCUT2D eigenvalue weighted by molar-refractivity contribution is 6.30. The number of benzene rings is 1. The van der Waals surface area contributed by atoms with Crippen LogP contribution in [0.4, 0.5) is 10.5 Å². The summed E-state index contributed by atoms with van der Waals surface area (Å²) in [5.74, 6) is -0.506. The molecule has 108 valence electrons. The average Bonchev–Trinajstić information content (AvgIpc) is 3.18. The molecule has 1 N–H and O–H groups in total. The van der Waals surface area contributed by atoms with Crippen molar-refractivity contribution in [2.24, 2.45) is 5.92 Å². The molecule has 0 aliphatic heterocycles. The molecule has 1 fully saturated rings. The highest BCUT2D eigenvalue weighted by Crippen LogP contribution is 2.30. The van der Waals surface area contributed by atoms with Gasteiger partial charge in [-0.05, 0) is 37.0 Å². The molecule has 1 aliphatic rings. The van der Waals surface area contributed by atoms with E-state index in [-0.39, 0.29) is 12.6 Å². The van der Waals surface area contributed by atoms with Crippen LogP contribution in [-0.2, 0) is 4.79 Å². The van der Waals surface area contributed by atoms with Crippen LogP contribution in [0.5, 0.6) is 0 Å². The topological polar surface area (TPSA) is 60.9 Å². The number of carboxylic acid groups (broad SMARTS) is 1. The molecule has 0 saturated heterocycles. The summed E-state index contributed by atoms with van der Waals surface area (Å²) in [6, 6.07) is 6.33. The number of anilines is 1. The third kappa shape index (κ3) is 3.87. The van der Waals surface area contributed by atoms with Crippen molar-refractivity contribution in [3.63, 3.8) is 0 Å². The second-order valence-corrected chi connectivity index (χ2v) is 5.50. The Morgan fingerprint density at radius 3 is 2.65 bits per heavy atom. The molecule has 0 unspecified atom stereocenters. The SMILES string of the molecule is CN(CC1CC1)C(=O)N(CC(=O)O)c1cccc(Cl)c1. The minimum Gasteiger partial charge on any atom is -0.480 e. The van der Waals surface area contributed by atoms with Gasteiger partial charge in [0.2, 0.25) is 0 Å². The van der Waals surface area contributed by atoms with Gasteiger partial charge in [0, 0.05) is 24.3 Å². The first kappa shape index (κ1) is 14.7. The molecule has 0 heterocycles. The molecule has 0 atom stereocenters. The molecule has 0 spiro atoms. The first-order chi connectivity index (χ1) is 9.47. The lowest BCUT2D eigenvalue weighted by Crippen LogP contribution is -2.44. The molecule has 0 bridgehead atoms. The molecular weight excluding hydrogens is 280 g/mol. The van der Waals surface area contributed by atoms with Crippen molar-refractivity contribution < 1.29 is 14.7 Å². The van der Waals surface area contributed by atoms with Crippen molar-refractivity contribution >= 4 is 29.3 Å². The molecule has 6 heteroatoms. The number of urea groups is 1. The van der Waals surface area contributed by atoms with E-state index < -0.39 is 5.97 Å². The first-order valence-electron chi connectivity index (χ1n) is 6.47. The maximum absolute atomic E-state index is 12.4. The lowest BCUT2D eigenvalue weighted by Gasteiger charge is -2.27. The van der Waals surface area contributed by atoms with Crippen molar-refractivity contribution in [2.75, 3.05) is 25.0 Å². The Kier molecular flexibility index (Phi) is 4.49. The Labute approximate surface area is 122 Å². The van der Waals surface area contributed by atoms with Gasteiger partial charge in [0.1, 0.15) is 6.54 Å². The number of carbonyl (C=O) groups is 2. The molecule has 1 saturated carbocycles. The van der Waals surface area contributed by atoms with Crippen LogP contribution in [0.15, 0.2) is 24.3 Å². The molecule has 1 aliphatic carbocycles. The Morgan fingerprint density at radius 2 is 2.10 bits per heavy atom. The van der Waals surface area contributed by atoms with E-state index in [4.69, 9.17) is 16.7 Å². The molecule has 5 nitrogen and oxygen atoms in total. The summed E-state index contributed by atoms with van der Waals surface area (Å²) in [6.07, 6.45) is 2.27. The summed E-state index contributed by atoms with van der Waals surface area (Å²) in [4.78, 5) is 26.2. The van der Waals surface area contributed by atoms with E-state index in [0.29, 0.717) is 23.2 Å². The van der Waals surface area contributed by atoms with Gasteiger partial charge >= 0.3 is 12.0 Å². The van der Waals surface area contributed by atoms with Gasteiger partial charge in [-0.1, -0.05) is 17.7 Å². The molecule has 0 radical (unpaired) electrons. The van der Waals surface area contributed by atoms with Crippen LogP contribution in [0.3, 0.4) is 0 Å². The molecule has 2 amide bonds. The first-order valence-corrected chi connectivity index (χ1v) is 6.85. The predicted octanol–water partition coefficient (Wildman–Crippen LogP) is 2.69. The minimum absolute atomic E-state index is 0.318. The Morgan fingerprint density at radius 1 is 1.40 bits per heavy atom. The number of rotatable bonds is 5. The second-order valence-electron chi connectivity index (χ2n) is 5.07. The quantitative estimate of drug-likeness (QED) is 0.909. The van der Waals surface area contributed by atoms with Gasteiger partial charge in [-0.15, -0.1) is 0 Å². The standard InChI is InChI=1S/C14H17ClN2O3/c1-16(8-10-5-6-10)14(20)17(9-13(18)19)12-4-2-3-11(15)7-12/h2-4,7,10H,5-6,8-9H2,1H3,(H,18,19). The molecule has 0 aromatic heterocycles. The van der Waals surface area contributed by atoms with E-state index >= 15 is 0 Å². The second kappa shape index (κ2) is 6.13. The minimum atomic E-state index is -1.06. The zero-order valence-electron chi connectivity index (χ0n) is 11.3. The lowest BCUT2D eigenvalue weighted by atomic mass is 10.3. The maximum Gasteiger partial charge on any atom is 0.324 e. The fourth-order valence-corrected chi connectivity index (χ4v) is 2.21. The number of nitrogens with zero attached hydrogens (tertiary/aromatic N) is 2. The third-order valence-corrected chi connectivity index (χ3v) is 3.43. The van der Waals surface area contributed by atoms with Crippen LogP contribution >= 0.6 is 11.6 Å². The fraction of sp³-hybridized carbons (Fsp3) is 0.429. The van der Waals surface area contributed by atoms with Crippen LogP contribution in [0.1, 0.15) is 12.8 Å². The summed E-state index contributed by atoms with van der Waals surface area (Å²) in [6.45, 7) is 0.281. The third-order valence-electron chi connectivity index (χ3n) is 3.20. The van der Waals surface area contributed by atoms with E-state index in [1.165, 1.54) is 4.90 Å². The van der Waals surface area contributed by atoms with Gasteiger partial charge in [0.25, 0.3) is 0 Å². The summed E-state index contributed by atoms with van der Waals surface area (Å²) in [7, 11) is 1.69. The van der Waals surface area contributed by atoms with Crippen LogP contribution in [0.25, 0.3) is 0 Å². The van der Waals surface area contributed by atoms with Crippen molar-refractivity contribution in [3.05, 3.63) is 29.3 Å². The van der Waals surface area contributed by atoms with Crippen molar-refractivity contribution in [2.45, 2.75) is 12.8 Å². The fourth-order valence-electron chi connectivity index (χ4n) is 2.02. The Balaban J connectivity index is 2.17. The van der Waals surface area contributed by atoms with E-state index in [1.54, 1.807) is 36.2 Å². The number of hydrogen-bond donors (Lipinski definition) is 1. The number of amides is 2. The lowest BCUT2D eigenvalue weighted by molar-refractivity contribution is -0.135. The molecule has 2 rings (SSSR count). The smallest absolute Gasteiger partial charge is 0.324 e. The summed E-state index contributed by atoms with van der Waals surface area (Å²) in [5, 5.41) is 9.46. The zero-order chi connectivity index (χ0) is 14.7. The van der Waals surface area contributed by atoms with Crippen LogP contribution < -0.4 is 4.90 Å². The molecule has 1 aromatic rings. The largest absolute Gasteiger partial charge is 0.480 e. The van der Waals surface area contributed by atoms with Crippen molar-refractivity contribution in [1.29, 1.82) is 0 Å². The van der Waals surface area contributed by atoms with Crippen LogP contribution in [0, 0.1) is 5.92 Å². The maximum atomic E-state index is 12.4. The Hall–Kier alpha value is -1.75. The monoisotopic (exact) mass is 296 g/mol. The normalized spacial score (nSPS) is 13.9. The molecule has 20 heavy (non-hydrogen) atoms. The van der Waals surface area contributed by atoms with Crippen LogP contribution in [-0.4, -0.2) is 42.1 Å². The molecule has 1 aromatic carbocycles.